The number of hydrogen-bond acceptors (Lipinski definition) is 9. The number of fused-ring (bicyclic) bond motifs is 2. The average Bonchev–Trinajstić information content (AvgIpc) is 3.43. The van der Waals surface area contributed by atoms with E-state index in [9.17, 15) is 9.59 Å². The van der Waals surface area contributed by atoms with Crippen LogP contribution in [-0.4, -0.2) is 83.8 Å². The smallest absolute Gasteiger partial charge is 0.316 e. The molecule has 2 bridgehead atoms. The van der Waals surface area contributed by atoms with E-state index in [1.165, 1.54) is 0 Å². The van der Waals surface area contributed by atoms with Gasteiger partial charge in [0, 0.05) is 0 Å². The third-order valence-electron chi connectivity index (χ3n) is 6.23. The standard InChI is InChI=1S/C24H38O9/c1-23(2)32-16-24(3,17-33-23)22(26)31-13-11-29-9-7-27-6-8-28-10-12-30-21(25)20-15-18-4-5-19(20)14-18/h4-5,18-20H,6-17H2,1-3H3. The quantitative estimate of drug-likeness (QED) is 0.215. The lowest BCUT2D eigenvalue weighted by atomic mass is 9.92. The maximum Gasteiger partial charge on any atom is 0.316 e. The van der Waals surface area contributed by atoms with E-state index in [0.717, 1.165) is 12.8 Å². The van der Waals surface area contributed by atoms with Crippen LogP contribution in [0, 0.1) is 23.2 Å². The largest absolute Gasteiger partial charge is 0.463 e. The zero-order valence-corrected chi connectivity index (χ0v) is 20.0. The highest BCUT2D eigenvalue weighted by Crippen LogP contribution is 2.43. The van der Waals surface area contributed by atoms with Crippen LogP contribution in [0.5, 0.6) is 0 Å². The molecule has 9 heteroatoms. The molecule has 1 aliphatic heterocycles. The average molecular weight is 471 g/mol. The fraction of sp³-hybridized carbons (Fsp3) is 0.833. The summed E-state index contributed by atoms with van der Waals surface area (Å²) in [4.78, 5) is 24.3. The molecular formula is C24H38O9. The number of esters is 2. The number of rotatable bonds is 14. The summed E-state index contributed by atoms with van der Waals surface area (Å²) in [6.45, 7) is 8.66. The number of carbonyl (C=O) groups is 2. The lowest BCUT2D eigenvalue weighted by Crippen LogP contribution is -2.49. The van der Waals surface area contributed by atoms with Gasteiger partial charge in [-0.15, -0.1) is 0 Å². The molecule has 3 atom stereocenters. The Balaban J connectivity index is 1.08. The van der Waals surface area contributed by atoms with Crippen LogP contribution < -0.4 is 0 Å². The second-order valence-corrected chi connectivity index (χ2v) is 9.57. The lowest BCUT2D eigenvalue weighted by molar-refractivity contribution is -0.281. The molecule has 1 heterocycles. The fourth-order valence-electron chi connectivity index (χ4n) is 4.14. The van der Waals surface area contributed by atoms with Crippen molar-refractivity contribution in [3.63, 3.8) is 0 Å². The van der Waals surface area contributed by atoms with Crippen molar-refractivity contribution < 1.29 is 42.7 Å². The van der Waals surface area contributed by atoms with Crippen molar-refractivity contribution in [2.24, 2.45) is 23.2 Å². The molecule has 3 rings (SSSR count). The van der Waals surface area contributed by atoms with E-state index in [-0.39, 0.29) is 44.3 Å². The zero-order valence-electron chi connectivity index (χ0n) is 20.0. The first kappa shape index (κ1) is 26.1. The van der Waals surface area contributed by atoms with Gasteiger partial charge in [0.15, 0.2) is 5.79 Å². The molecule has 1 saturated carbocycles. The Bertz CT molecular complexity index is 665. The Labute approximate surface area is 196 Å². The third kappa shape index (κ3) is 8.03. The highest BCUT2D eigenvalue weighted by molar-refractivity contribution is 5.77. The van der Waals surface area contributed by atoms with Crippen molar-refractivity contribution in [3.8, 4) is 0 Å². The molecule has 3 aliphatic rings. The van der Waals surface area contributed by atoms with Gasteiger partial charge in [0.25, 0.3) is 0 Å². The van der Waals surface area contributed by atoms with E-state index in [1.807, 2.05) is 13.8 Å². The third-order valence-corrected chi connectivity index (χ3v) is 6.23. The molecular weight excluding hydrogens is 432 g/mol. The summed E-state index contributed by atoms with van der Waals surface area (Å²) in [6, 6.07) is 0. The van der Waals surface area contributed by atoms with E-state index < -0.39 is 11.2 Å². The molecule has 0 aromatic carbocycles. The topological polar surface area (TPSA) is 98.8 Å². The second-order valence-electron chi connectivity index (χ2n) is 9.57. The monoisotopic (exact) mass is 470 g/mol. The maximum absolute atomic E-state index is 12.2. The highest BCUT2D eigenvalue weighted by atomic mass is 16.7. The summed E-state index contributed by atoms with van der Waals surface area (Å²) in [6.07, 6.45) is 6.36. The van der Waals surface area contributed by atoms with Crippen LogP contribution >= 0.6 is 0 Å². The molecule has 2 fully saturated rings. The molecule has 0 aromatic heterocycles. The minimum absolute atomic E-state index is 0.0256. The molecule has 3 unspecified atom stereocenters. The van der Waals surface area contributed by atoms with Crippen LogP contribution in [0.3, 0.4) is 0 Å². The zero-order chi connectivity index (χ0) is 23.7. The first-order valence-electron chi connectivity index (χ1n) is 11.8. The molecule has 1 saturated heterocycles. The van der Waals surface area contributed by atoms with Gasteiger partial charge in [-0.05, 0) is 45.4 Å². The molecule has 33 heavy (non-hydrogen) atoms. The molecule has 9 nitrogen and oxygen atoms in total. The maximum atomic E-state index is 12.2. The molecule has 0 amide bonds. The van der Waals surface area contributed by atoms with Gasteiger partial charge >= 0.3 is 11.9 Å². The van der Waals surface area contributed by atoms with E-state index in [4.69, 9.17) is 33.2 Å². The molecule has 0 N–H and O–H groups in total. The summed E-state index contributed by atoms with van der Waals surface area (Å²) in [5.74, 6) is -0.183. The number of carbonyl (C=O) groups excluding carboxylic acids is 2. The number of allylic oxidation sites excluding steroid dienone is 2. The van der Waals surface area contributed by atoms with Crippen molar-refractivity contribution in [1.29, 1.82) is 0 Å². The molecule has 0 spiro atoms. The van der Waals surface area contributed by atoms with Crippen LogP contribution in [-0.2, 0) is 42.7 Å². The molecule has 0 radical (unpaired) electrons. The van der Waals surface area contributed by atoms with Gasteiger partial charge in [-0.3, -0.25) is 9.59 Å². The Morgan fingerprint density at radius 2 is 1.33 bits per heavy atom. The summed E-state index contributed by atoms with van der Waals surface area (Å²) < 4.78 is 38.0. The summed E-state index contributed by atoms with van der Waals surface area (Å²) in [7, 11) is 0. The van der Waals surface area contributed by atoms with Gasteiger partial charge in [0.1, 0.15) is 18.6 Å². The van der Waals surface area contributed by atoms with Gasteiger partial charge in [-0.2, -0.15) is 0 Å². The van der Waals surface area contributed by atoms with Gasteiger partial charge in [0.2, 0.25) is 0 Å². The minimum Gasteiger partial charge on any atom is -0.463 e. The minimum atomic E-state index is -0.801. The van der Waals surface area contributed by atoms with E-state index >= 15 is 0 Å². The van der Waals surface area contributed by atoms with Crippen molar-refractivity contribution in [2.75, 3.05) is 66.1 Å². The fourth-order valence-corrected chi connectivity index (χ4v) is 4.14. The molecule has 0 aromatic rings. The Kier molecular flexibility index (Phi) is 9.69. The van der Waals surface area contributed by atoms with E-state index in [2.05, 4.69) is 12.2 Å². The van der Waals surface area contributed by atoms with Crippen LogP contribution in [0.15, 0.2) is 12.2 Å². The van der Waals surface area contributed by atoms with Crippen LogP contribution in [0.4, 0.5) is 0 Å². The Morgan fingerprint density at radius 1 is 0.788 bits per heavy atom. The Morgan fingerprint density at radius 3 is 1.85 bits per heavy atom. The lowest BCUT2D eigenvalue weighted by Gasteiger charge is -2.39. The van der Waals surface area contributed by atoms with Crippen molar-refractivity contribution >= 4 is 11.9 Å². The van der Waals surface area contributed by atoms with Crippen LogP contribution in [0.1, 0.15) is 33.6 Å². The first-order valence-corrected chi connectivity index (χ1v) is 11.8. The number of ether oxygens (including phenoxy) is 7. The highest BCUT2D eigenvalue weighted by Gasteiger charge is 2.43. The van der Waals surface area contributed by atoms with Gasteiger partial charge in [-0.1, -0.05) is 12.2 Å². The summed E-state index contributed by atoms with van der Waals surface area (Å²) in [5.41, 5.74) is -0.801. The molecule has 188 valence electrons. The van der Waals surface area contributed by atoms with E-state index in [0.29, 0.717) is 51.5 Å². The normalized spacial score (nSPS) is 26.9. The second kappa shape index (κ2) is 12.3. The van der Waals surface area contributed by atoms with Crippen molar-refractivity contribution in [1.82, 2.24) is 0 Å². The number of hydrogen-bond donors (Lipinski definition) is 0. The first-order chi connectivity index (χ1) is 15.8. The molecule has 2 aliphatic carbocycles. The Hall–Kier alpha value is -1.52. The van der Waals surface area contributed by atoms with Gasteiger partial charge in [-0.25, -0.2) is 0 Å². The SMILES string of the molecule is CC1(C)OCC(C)(C(=O)OCCOCCOCCOCCOC(=O)C2CC3C=CC2C3)CO1. The predicted octanol–water partition coefficient (Wildman–Crippen LogP) is 2.12. The van der Waals surface area contributed by atoms with Crippen LogP contribution in [0.25, 0.3) is 0 Å². The van der Waals surface area contributed by atoms with Gasteiger partial charge < -0.3 is 33.2 Å². The van der Waals surface area contributed by atoms with Crippen LogP contribution in [0.2, 0.25) is 0 Å². The summed E-state index contributed by atoms with van der Waals surface area (Å²) >= 11 is 0. The van der Waals surface area contributed by atoms with Gasteiger partial charge in [0.05, 0.1) is 58.8 Å². The van der Waals surface area contributed by atoms with E-state index in [1.54, 1.807) is 6.92 Å². The van der Waals surface area contributed by atoms with Crippen molar-refractivity contribution in [2.45, 2.75) is 39.4 Å². The predicted molar refractivity (Wildman–Crippen MR) is 117 cm³/mol. The summed E-state index contributed by atoms with van der Waals surface area (Å²) in [5, 5.41) is 0. The van der Waals surface area contributed by atoms with Crippen molar-refractivity contribution in [3.05, 3.63) is 12.2 Å².